The van der Waals surface area contributed by atoms with Crippen molar-refractivity contribution in [2.75, 3.05) is 13.1 Å². The molecule has 1 aliphatic heterocycles. The molecule has 24 heavy (non-hydrogen) atoms. The molecule has 0 radical (unpaired) electrons. The lowest BCUT2D eigenvalue weighted by molar-refractivity contribution is -0.135. The highest BCUT2D eigenvalue weighted by Crippen LogP contribution is 2.32. The second-order valence-electron chi connectivity index (χ2n) is 8.19. The van der Waals surface area contributed by atoms with Gasteiger partial charge >= 0.3 is 0 Å². The number of amides is 1. The zero-order chi connectivity index (χ0) is 17.9. The molecular formula is C20H30FNO2. The number of benzene rings is 1. The Morgan fingerprint density at radius 2 is 1.79 bits per heavy atom. The third kappa shape index (κ3) is 4.79. The van der Waals surface area contributed by atoms with E-state index < -0.39 is 6.10 Å². The van der Waals surface area contributed by atoms with Gasteiger partial charge in [0.15, 0.2) is 0 Å². The van der Waals surface area contributed by atoms with E-state index in [1.807, 2.05) is 4.90 Å². The van der Waals surface area contributed by atoms with Crippen molar-refractivity contribution in [2.24, 2.45) is 17.3 Å². The van der Waals surface area contributed by atoms with Gasteiger partial charge in [-0.3, -0.25) is 4.79 Å². The first-order valence-corrected chi connectivity index (χ1v) is 8.90. The van der Waals surface area contributed by atoms with Crippen LogP contribution in [-0.4, -0.2) is 29.0 Å². The Bertz CT molecular complexity index is 542. The average Bonchev–Trinajstić information content (AvgIpc) is 2.54. The second kappa shape index (κ2) is 7.64. The van der Waals surface area contributed by atoms with Crippen LogP contribution in [0.3, 0.4) is 0 Å². The van der Waals surface area contributed by atoms with Gasteiger partial charge in [-0.25, -0.2) is 4.39 Å². The zero-order valence-corrected chi connectivity index (χ0v) is 15.3. The monoisotopic (exact) mass is 335 g/mol. The topological polar surface area (TPSA) is 40.5 Å². The maximum atomic E-state index is 13.0. The normalized spacial score (nSPS) is 19.2. The van der Waals surface area contributed by atoms with Crippen molar-refractivity contribution in [3.63, 3.8) is 0 Å². The zero-order valence-electron chi connectivity index (χ0n) is 15.3. The summed E-state index contributed by atoms with van der Waals surface area (Å²) in [5, 5.41) is 10.5. The lowest BCUT2D eigenvalue weighted by Gasteiger charge is -2.36. The van der Waals surface area contributed by atoms with Crippen LogP contribution in [0.4, 0.5) is 4.39 Å². The lowest BCUT2D eigenvalue weighted by atomic mass is 9.79. The van der Waals surface area contributed by atoms with Crippen LogP contribution >= 0.6 is 0 Å². The number of hydrogen-bond donors (Lipinski definition) is 1. The van der Waals surface area contributed by atoms with Crippen molar-refractivity contribution in [1.82, 2.24) is 4.90 Å². The minimum absolute atomic E-state index is 0.125. The molecule has 3 nitrogen and oxygen atoms in total. The molecule has 0 bridgehead atoms. The van der Waals surface area contributed by atoms with E-state index in [0.717, 1.165) is 18.4 Å². The summed E-state index contributed by atoms with van der Waals surface area (Å²) in [7, 11) is 0. The summed E-state index contributed by atoms with van der Waals surface area (Å²) >= 11 is 0. The van der Waals surface area contributed by atoms with Crippen LogP contribution in [0.2, 0.25) is 0 Å². The van der Waals surface area contributed by atoms with E-state index >= 15 is 0 Å². The number of hydrogen-bond acceptors (Lipinski definition) is 2. The maximum Gasteiger partial charge on any atom is 0.222 e. The van der Waals surface area contributed by atoms with Crippen LogP contribution in [0.1, 0.15) is 58.6 Å². The number of carbonyl (C=O) groups excluding carboxylic acids is 1. The summed E-state index contributed by atoms with van der Waals surface area (Å²) in [6.45, 7) is 10.0. The Morgan fingerprint density at radius 1 is 1.25 bits per heavy atom. The summed E-state index contributed by atoms with van der Waals surface area (Å²) in [5.41, 5.74) is 0.884. The summed E-state index contributed by atoms with van der Waals surface area (Å²) in [5.74, 6) is 0.388. The predicted octanol–water partition coefficient (Wildman–Crippen LogP) is 4.17. The van der Waals surface area contributed by atoms with Gasteiger partial charge in [-0.2, -0.15) is 0 Å². The number of aliphatic hydroxyl groups excluding tert-OH is 1. The third-order valence-corrected chi connectivity index (χ3v) is 5.51. The van der Waals surface area contributed by atoms with Gasteiger partial charge < -0.3 is 10.0 Å². The van der Waals surface area contributed by atoms with E-state index in [-0.39, 0.29) is 23.1 Å². The van der Waals surface area contributed by atoms with Crippen molar-refractivity contribution in [3.05, 3.63) is 35.6 Å². The molecule has 1 saturated heterocycles. The summed E-state index contributed by atoms with van der Waals surface area (Å²) in [6.07, 6.45) is 1.56. The molecule has 0 aliphatic carbocycles. The molecular weight excluding hydrogens is 305 g/mol. The number of likely N-dealkylation sites (tertiary alicyclic amines) is 1. The van der Waals surface area contributed by atoms with Crippen molar-refractivity contribution in [1.29, 1.82) is 0 Å². The minimum Gasteiger partial charge on any atom is -0.388 e. The molecule has 1 amide bonds. The number of carbonyl (C=O) groups is 1. The fourth-order valence-corrected chi connectivity index (χ4v) is 3.09. The second-order valence-corrected chi connectivity index (χ2v) is 8.19. The molecule has 1 aromatic carbocycles. The highest BCUT2D eigenvalue weighted by molar-refractivity contribution is 5.76. The van der Waals surface area contributed by atoms with E-state index in [0.29, 0.717) is 25.4 Å². The molecule has 1 N–H and O–H groups in total. The standard InChI is InChI=1S/C20H30FNO2/c1-14(20(2,3)4)13-18(23)22-11-9-16(10-12-22)19(24)15-5-7-17(21)8-6-15/h5-8,14,16,19,24H,9-13H2,1-4H3. The van der Waals surface area contributed by atoms with Crippen LogP contribution in [0, 0.1) is 23.1 Å². The highest BCUT2D eigenvalue weighted by atomic mass is 19.1. The van der Waals surface area contributed by atoms with Crippen molar-refractivity contribution < 1.29 is 14.3 Å². The molecule has 1 aromatic rings. The SMILES string of the molecule is CC(CC(=O)N1CCC(C(O)c2ccc(F)cc2)CC1)C(C)(C)C. The molecule has 2 unspecified atom stereocenters. The van der Waals surface area contributed by atoms with E-state index in [4.69, 9.17) is 0 Å². The Labute approximate surface area is 144 Å². The van der Waals surface area contributed by atoms with Gasteiger partial charge in [0, 0.05) is 19.5 Å². The Kier molecular flexibility index (Phi) is 6.02. The van der Waals surface area contributed by atoms with E-state index in [2.05, 4.69) is 27.7 Å². The molecule has 0 aromatic heterocycles. The van der Waals surface area contributed by atoms with Crippen LogP contribution in [0.25, 0.3) is 0 Å². The first-order chi connectivity index (χ1) is 11.2. The van der Waals surface area contributed by atoms with E-state index in [9.17, 15) is 14.3 Å². The smallest absolute Gasteiger partial charge is 0.222 e. The first-order valence-electron chi connectivity index (χ1n) is 8.90. The van der Waals surface area contributed by atoms with E-state index in [1.165, 1.54) is 12.1 Å². The number of rotatable bonds is 4. The number of nitrogens with zero attached hydrogens (tertiary/aromatic N) is 1. The van der Waals surface area contributed by atoms with Crippen LogP contribution in [-0.2, 0) is 4.79 Å². The number of aliphatic hydroxyl groups is 1. The maximum absolute atomic E-state index is 13.0. The van der Waals surface area contributed by atoms with Crippen molar-refractivity contribution in [3.8, 4) is 0 Å². The fraction of sp³-hybridized carbons (Fsp3) is 0.650. The van der Waals surface area contributed by atoms with Gasteiger partial charge in [0.2, 0.25) is 5.91 Å². The molecule has 2 atom stereocenters. The summed E-state index contributed by atoms with van der Waals surface area (Å²) in [6, 6.07) is 6.04. The van der Waals surface area contributed by atoms with Crippen molar-refractivity contribution >= 4 is 5.91 Å². The Balaban J connectivity index is 1.86. The average molecular weight is 335 g/mol. The Hall–Kier alpha value is -1.42. The molecule has 0 spiro atoms. The molecule has 4 heteroatoms. The third-order valence-electron chi connectivity index (χ3n) is 5.51. The predicted molar refractivity (Wildman–Crippen MR) is 93.9 cm³/mol. The molecule has 1 fully saturated rings. The molecule has 2 rings (SSSR count). The lowest BCUT2D eigenvalue weighted by Crippen LogP contribution is -2.41. The van der Waals surface area contributed by atoms with Gasteiger partial charge in [-0.15, -0.1) is 0 Å². The molecule has 134 valence electrons. The van der Waals surface area contributed by atoms with Gasteiger partial charge in [0.05, 0.1) is 6.10 Å². The van der Waals surface area contributed by atoms with E-state index in [1.54, 1.807) is 12.1 Å². The van der Waals surface area contributed by atoms with Crippen LogP contribution < -0.4 is 0 Å². The van der Waals surface area contributed by atoms with Crippen molar-refractivity contribution in [2.45, 2.75) is 53.1 Å². The molecule has 0 saturated carbocycles. The largest absolute Gasteiger partial charge is 0.388 e. The first kappa shape index (κ1) is 18.9. The van der Waals surface area contributed by atoms with Gasteiger partial charge in [-0.05, 0) is 47.8 Å². The molecule has 1 aliphatic rings. The summed E-state index contributed by atoms with van der Waals surface area (Å²) in [4.78, 5) is 14.4. The Morgan fingerprint density at radius 3 is 2.29 bits per heavy atom. The minimum atomic E-state index is -0.587. The molecule has 1 heterocycles. The number of piperidine rings is 1. The van der Waals surface area contributed by atoms with Gasteiger partial charge in [-0.1, -0.05) is 39.8 Å². The van der Waals surface area contributed by atoms with Crippen LogP contribution in [0.5, 0.6) is 0 Å². The highest BCUT2D eigenvalue weighted by Gasteiger charge is 2.30. The van der Waals surface area contributed by atoms with Gasteiger partial charge in [0.25, 0.3) is 0 Å². The van der Waals surface area contributed by atoms with Crippen LogP contribution in [0.15, 0.2) is 24.3 Å². The summed E-state index contributed by atoms with van der Waals surface area (Å²) < 4.78 is 13.0. The van der Waals surface area contributed by atoms with Gasteiger partial charge in [0.1, 0.15) is 5.82 Å². The number of halogens is 1. The quantitative estimate of drug-likeness (QED) is 0.897. The fourth-order valence-electron chi connectivity index (χ4n) is 3.09.